The van der Waals surface area contributed by atoms with Crippen LogP contribution in [0.1, 0.15) is 30.4 Å². The predicted octanol–water partition coefficient (Wildman–Crippen LogP) is 3.57. The number of rotatable bonds is 10. The molecule has 0 aliphatic carbocycles. The van der Waals surface area contributed by atoms with E-state index in [0.717, 1.165) is 57.4 Å². The zero-order valence-electron chi connectivity index (χ0n) is 20.9. The zero-order valence-corrected chi connectivity index (χ0v) is 20.9. The number of piperidine rings is 1. The van der Waals surface area contributed by atoms with E-state index in [-0.39, 0.29) is 23.7 Å². The first-order valence-electron chi connectivity index (χ1n) is 12.7. The third-order valence-corrected chi connectivity index (χ3v) is 7.43. The third-order valence-electron chi connectivity index (χ3n) is 7.43. The van der Waals surface area contributed by atoms with Gasteiger partial charge in [0.15, 0.2) is 0 Å². The summed E-state index contributed by atoms with van der Waals surface area (Å²) in [4.78, 5) is 32.7. The largest absolute Gasteiger partial charge is 0.325 e. The second kappa shape index (κ2) is 11.3. The van der Waals surface area contributed by atoms with E-state index in [2.05, 4.69) is 39.4 Å². The molecule has 0 spiro atoms. The van der Waals surface area contributed by atoms with Crippen LogP contribution in [0.2, 0.25) is 0 Å². The molecule has 6 nitrogen and oxygen atoms in total. The van der Waals surface area contributed by atoms with Gasteiger partial charge in [0.2, 0.25) is 0 Å². The Labute approximate surface area is 208 Å². The van der Waals surface area contributed by atoms with Gasteiger partial charge in [-0.1, -0.05) is 42.5 Å². The van der Waals surface area contributed by atoms with Gasteiger partial charge in [-0.25, -0.2) is 9.18 Å². The van der Waals surface area contributed by atoms with Crippen LogP contribution in [0, 0.1) is 11.7 Å². The van der Waals surface area contributed by atoms with E-state index in [1.54, 1.807) is 12.1 Å². The number of halogens is 1. The van der Waals surface area contributed by atoms with Crippen LogP contribution in [-0.2, 0) is 17.6 Å². The van der Waals surface area contributed by atoms with Crippen molar-refractivity contribution in [2.45, 2.75) is 37.6 Å². The molecule has 2 aliphatic rings. The number of nitrogens with one attached hydrogen (secondary N) is 1. The monoisotopic (exact) mass is 480 g/mol. The Morgan fingerprint density at radius 3 is 2.31 bits per heavy atom. The van der Waals surface area contributed by atoms with Gasteiger partial charge >= 0.3 is 6.03 Å². The molecule has 188 valence electrons. The molecule has 3 amide bonds. The maximum atomic E-state index is 13.8. The van der Waals surface area contributed by atoms with Gasteiger partial charge in [-0.15, -0.1) is 0 Å². The van der Waals surface area contributed by atoms with Crippen LogP contribution in [0.5, 0.6) is 0 Å². The molecular weight excluding hydrogens is 443 g/mol. The number of nitrogens with zero attached hydrogens (tertiary/aromatic N) is 3. The highest BCUT2D eigenvalue weighted by atomic mass is 19.1. The number of likely N-dealkylation sites (tertiary alicyclic amines) is 1. The molecule has 1 atom stereocenters. The first-order valence-corrected chi connectivity index (χ1v) is 12.7. The van der Waals surface area contributed by atoms with Gasteiger partial charge in [0.05, 0.1) is 0 Å². The van der Waals surface area contributed by atoms with Crippen molar-refractivity contribution in [3.8, 4) is 0 Å². The Balaban J connectivity index is 1.46. The number of benzene rings is 2. The Kier molecular flexibility index (Phi) is 8.19. The van der Waals surface area contributed by atoms with E-state index in [1.165, 1.54) is 22.6 Å². The average molecular weight is 481 g/mol. The first-order chi connectivity index (χ1) is 16.9. The minimum absolute atomic E-state index is 0.0378. The van der Waals surface area contributed by atoms with Crippen LogP contribution in [-0.4, -0.2) is 79.0 Å². The summed E-state index contributed by atoms with van der Waals surface area (Å²) in [7, 11) is 3.96. The Hall–Kier alpha value is -2.77. The minimum atomic E-state index is -0.974. The van der Waals surface area contributed by atoms with Crippen LogP contribution in [0.15, 0.2) is 54.6 Å². The van der Waals surface area contributed by atoms with Crippen LogP contribution in [0.4, 0.5) is 9.18 Å². The molecule has 0 bridgehead atoms. The summed E-state index contributed by atoms with van der Waals surface area (Å²) in [6.07, 6.45) is 3.80. The van der Waals surface area contributed by atoms with Crippen molar-refractivity contribution in [3.05, 3.63) is 71.5 Å². The van der Waals surface area contributed by atoms with Crippen LogP contribution < -0.4 is 5.32 Å². The third kappa shape index (κ3) is 6.08. The van der Waals surface area contributed by atoms with E-state index in [0.29, 0.717) is 13.0 Å². The van der Waals surface area contributed by atoms with Crippen molar-refractivity contribution >= 4 is 11.9 Å². The van der Waals surface area contributed by atoms with Gasteiger partial charge in [-0.05, 0) is 88.6 Å². The lowest BCUT2D eigenvalue weighted by molar-refractivity contribution is -0.134. The second-order valence-corrected chi connectivity index (χ2v) is 10.2. The number of hydrogen-bond acceptors (Lipinski definition) is 4. The maximum Gasteiger partial charge on any atom is 0.325 e. The lowest BCUT2D eigenvalue weighted by atomic mass is 9.74. The highest BCUT2D eigenvalue weighted by Crippen LogP contribution is 2.36. The average Bonchev–Trinajstić information content (AvgIpc) is 3.10. The number of amides is 3. The number of imide groups is 1. The van der Waals surface area contributed by atoms with E-state index in [9.17, 15) is 14.0 Å². The fraction of sp³-hybridized carbons (Fsp3) is 0.500. The number of carbonyl (C=O) groups excluding carboxylic acids is 2. The molecule has 0 radical (unpaired) electrons. The Bertz CT molecular complexity index is 990. The molecule has 4 rings (SSSR count). The van der Waals surface area contributed by atoms with E-state index in [4.69, 9.17) is 0 Å². The SMILES string of the molecule is CN(C)CCCN1C(=O)N[C@@](Cc2ccc(F)cc2)(C2CCN(CCc3ccccc3)CC2)C1=O. The summed E-state index contributed by atoms with van der Waals surface area (Å²) in [5.74, 6) is -0.397. The highest BCUT2D eigenvalue weighted by Gasteiger charge is 2.55. The van der Waals surface area contributed by atoms with E-state index < -0.39 is 5.54 Å². The van der Waals surface area contributed by atoms with Crippen molar-refractivity contribution in [2.24, 2.45) is 5.92 Å². The lowest BCUT2D eigenvalue weighted by Crippen LogP contribution is -2.57. The standard InChI is InChI=1S/C28H37FN4O2/c1-31(2)16-6-17-33-26(34)28(30-27(33)35,21-23-9-11-25(29)12-10-23)24-14-19-32(20-15-24)18-13-22-7-4-3-5-8-22/h3-5,7-12,24H,6,13-21H2,1-2H3,(H,30,35)/t28-/m0/s1. The lowest BCUT2D eigenvalue weighted by Gasteiger charge is -2.41. The molecule has 2 aliphatic heterocycles. The van der Waals surface area contributed by atoms with Gasteiger partial charge in [0.25, 0.3) is 5.91 Å². The fourth-order valence-corrected chi connectivity index (χ4v) is 5.44. The van der Waals surface area contributed by atoms with Gasteiger partial charge < -0.3 is 15.1 Å². The summed E-state index contributed by atoms with van der Waals surface area (Å²) >= 11 is 0. The second-order valence-electron chi connectivity index (χ2n) is 10.2. The van der Waals surface area contributed by atoms with Crippen LogP contribution in [0.25, 0.3) is 0 Å². The van der Waals surface area contributed by atoms with E-state index in [1.807, 2.05) is 20.2 Å². The number of carbonyl (C=O) groups is 2. The summed E-state index contributed by atoms with van der Waals surface area (Å²) < 4.78 is 13.5. The Morgan fingerprint density at radius 1 is 0.971 bits per heavy atom. The number of hydrogen-bond donors (Lipinski definition) is 1. The molecule has 0 aromatic heterocycles. The molecule has 35 heavy (non-hydrogen) atoms. The topological polar surface area (TPSA) is 55.9 Å². The van der Waals surface area contributed by atoms with Crippen molar-refractivity contribution in [2.75, 3.05) is 46.8 Å². The first kappa shape index (κ1) is 25.3. The smallest absolute Gasteiger partial charge is 0.322 e. The van der Waals surface area contributed by atoms with Crippen molar-refractivity contribution in [3.63, 3.8) is 0 Å². The van der Waals surface area contributed by atoms with Crippen LogP contribution in [0.3, 0.4) is 0 Å². The normalized spacial score (nSPS) is 21.7. The van der Waals surface area contributed by atoms with Gasteiger partial charge in [0.1, 0.15) is 11.4 Å². The molecule has 2 saturated heterocycles. The van der Waals surface area contributed by atoms with E-state index >= 15 is 0 Å². The van der Waals surface area contributed by atoms with Gasteiger partial charge in [-0.2, -0.15) is 0 Å². The predicted molar refractivity (Wildman–Crippen MR) is 136 cm³/mol. The van der Waals surface area contributed by atoms with Gasteiger partial charge in [-0.3, -0.25) is 9.69 Å². The molecule has 2 heterocycles. The summed E-state index contributed by atoms with van der Waals surface area (Å²) in [5.41, 5.74) is 1.22. The highest BCUT2D eigenvalue weighted by molar-refractivity contribution is 6.07. The molecule has 2 aromatic carbocycles. The summed E-state index contributed by atoms with van der Waals surface area (Å²) in [6, 6.07) is 16.5. The quantitative estimate of drug-likeness (QED) is 0.529. The molecule has 2 fully saturated rings. The summed E-state index contributed by atoms with van der Waals surface area (Å²) in [6.45, 7) is 3.99. The molecule has 2 aromatic rings. The Morgan fingerprint density at radius 2 is 1.66 bits per heavy atom. The molecular formula is C28H37FN4O2. The molecule has 1 N–H and O–H groups in total. The molecule has 0 saturated carbocycles. The van der Waals surface area contributed by atoms with Crippen molar-refractivity contribution in [1.82, 2.24) is 20.0 Å². The number of urea groups is 1. The minimum Gasteiger partial charge on any atom is -0.322 e. The van der Waals surface area contributed by atoms with Crippen molar-refractivity contribution in [1.29, 1.82) is 0 Å². The summed E-state index contributed by atoms with van der Waals surface area (Å²) in [5, 5.41) is 3.12. The maximum absolute atomic E-state index is 13.8. The zero-order chi connectivity index (χ0) is 24.8. The molecule has 0 unspecified atom stereocenters. The fourth-order valence-electron chi connectivity index (χ4n) is 5.44. The van der Waals surface area contributed by atoms with Gasteiger partial charge in [0, 0.05) is 19.5 Å². The van der Waals surface area contributed by atoms with Crippen molar-refractivity contribution < 1.29 is 14.0 Å². The van der Waals surface area contributed by atoms with Crippen LogP contribution >= 0.6 is 0 Å². The molecule has 7 heteroatoms.